The average molecular weight is 268 g/mol. The Morgan fingerprint density at radius 1 is 1.29 bits per heavy atom. The summed E-state index contributed by atoms with van der Waals surface area (Å²) in [6.45, 7) is 1.98. The average Bonchev–Trinajstić information content (AvgIpc) is 2.31. The van der Waals surface area contributed by atoms with E-state index in [2.05, 4.69) is 4.98 Å². The number of halogens is 2. The van der Waals surface area contributed by atoms with E-state index in [1.54, 1.807) is 18.3 Å². The molecule has 0 fully saturated rings. The van der Waals surface area contributed by atoms with Crippen LogP contribution in [0.25, 0.3) is 0 Å². The summed E-state index contributed by atoms with van der Waals surface area (Å²) in [5, 5.41) is 1.33. The largest absolute Gasteiger partial charge is 0.250 e. The number of aryl methyl sites for hydroxylation is 1. The third kappa shape index (κ3) is 3.20. The van der Waals surface area contributed by atoms with E-state index in [1.165, 1.54) is 17.8 Å². The van der Waals surface area contributed by atoms with Crippen LogP contribution in [0, 0.1) is 12.7 Å². The summed E-state index contributed by atoms with van der Waals surface area (Å²) in [6.07, 6.45) is 1.80. The number of hydrogen-bond donors (Lipinski definition) is 0. The highest BCUT2D eigenvalue weighted by Gasteiger charge is 2.07. The summed E-state index contributed by atoms with van der Waals surface area (Å²) in [6, 6.07) is 8.64. The highest BCUT2D eigenvalue weighted by molar-refractivity contribution is 7.98. The van der Waals surface area contributed by atoms with Gasteiger partial charge in [-0.1, -0.05) is 23.7 Å². The molecule has 17 heavy (non-hydrogen) atoms. The van der Waals surface area contributed by atoms with E-state index >= 15 is 0 Å². The normalized spacial score (nSPS) is 10.5. The van der Waals surface area contributed by atoms with E-state index in [9.17, 15) is 4.39 Å². The first-order chi connectivity index (χ1) is 8.16. The van der Waals surface area contributed by atoms with Gasteiger partial charge in [0.1, 0.15) is 5.82 Å². The highest BCUT2D eigenvalue weighted by atomic mass is 35.5. The van der Waals surface area contributed by atoms with Crippen LogP contribution < -0.4 is 0 Å². The first-order valence-electron chi connectivity index (χ1n) is 5.15. The van der Waals surface area contributed by atoms with Gasteiger partial charge in [0.25, 0.3) is 0 Å². The Morgan fingerprint density at radius 3 is 2.76 bits per heavy atom. The Balaban J connectivity index is 2.10. The van der Waals surface area contributed by atoms with Crippen molar-refractivity contribution >= 4 is 23.4 Å². The number of nitrogens with zero attached hydrogens (tertiary/aromatic N) is 1. The molecule has 0 atom stereocenters. The molecule has 0 N–H and O–H groups in total. The van der Waals surface area contributed by atoms with Crippen LogP contribution in [0.3, 0.4) is 0 Å². The fourth-order valence-electron chi connectivity index (χ4n) is 1.36. The van der Waals surface area contributed by atoms with Crippen molar-refractivity contribution in [2.75, 3.05) is 0 Å². The standard InChI is InChI=1S/C13H11ClFNS/c1-9-5-6-13(16-7-9)17-8-10-11(14)3-2-4-12(10)15/h2-7H,8H2,1H3. The summed E-state index contributed by atoms with van der Waals surface area (Å²) in [5.74, 6) is 0.221. The molecule has 1 aromatic carbocycles. The van der Waals surface area contributed by atoms with Gasteiger partial charge >= 0.3 is 0 Å². The van der Waals surface area contributed by atoms with Crippen LogP contribution in [-0.4, -0.2) is 4.98 Å². The second-order valence-electron chi connectivity index (χ2n) is 3.66. The lowest BCUT2D eigenvalue weighted by Crippen LogP contribution is -1.89. The minimum atomic E-state index is -0.267. The van der Waals surface area contributed by atoms with E-state index in [4.69, 9.17) is 11.6 Å². The number of hydrogen-bond acceptors (Lipinski definition) is 2. The topological polar surface area (TPSA) is 12.9 Å². The molecule has 1 nitrogen and oxygen atoms in total. The Labute approximate surface area is 109 Å². The number of pyridine rings is 1. The second kappa shape index (κ2) is 5.52. The number of rotatable bonds is 3. The molecule has 0 saturated heterocycles. The lowest BCUT2D eigenvalue weighted by Gasteiger charge is -2.05. The second-order valence-corrected chi connectivity index (χ2v) is 5.07. The van der Waals surface area contributed by atoms with Crippen LogP contribution in [0.2, 0.25) is 5.02 Å². The molecule has 0 aliphatic rings. The lowest BCUT2D eigenvalue weighted by molar-refractivity contribution is 0.617. The molecular weight excluding hydrogens is 257 g/mol. The van der Waals surface area contributed by atoms with Crippen molar-refractivity contribution in [3.05, 3.63) is 58.5 Å². The van der Waals surface area contributed by atoms with E-state index < -0.39 is 0 Å². The third-order valence-electron chi connectivity index (χ3n) is 2.31. The van der Waals surface area contributed by atoms with Crippen molar-refractivity contribution in [3.63, 3.8) is 0 Å². The summed E-state index contributed by atoms with van der Waals surface area (Å²) >= 11 is 7.42. The van der Waals surface area contributed by atoms with Crippen molar-refractivity contribution in [1.29, 1.82) is 0 Å². The van der Waals surface area contributed by atoms with Crippen LogP contribution >= 0.6 is 23.4 Å². The molecule has 0 radical (unpaired) electrons. The van der Waals surface area contributed by atoms with E-state index in [0.717, 1.165) is 10.6 Å². The molecule has 4 heteroatoms. The van der Waals surface area contributed by atoms with Gasteiger partial charge in [-0.3, -0.25) is 0 Å². The molecule has 88 valence electrons. The molecule has 2 aromatic rings. The molecule has 0 saturated carbocycles. The maximum absolute atomic E-state index is 13.5. The smallest absolute Gasteiger partial charge is 0.128 e. The molecule has 2 rings (SSSR count). The maximum atomic E-state index is 13.5. The first kappa shape index (κ1) is 12.4. The summed E-state index contributed by atoms with van der Waals surface area (Å²) in [7, 11) is 0. The van der Waals surface area contributed by atoms with Crippen molar-refractivity contribution < 1.29 is 4.39 Å². The Hall–Kier alpha value is -1.06. The van der Waals surface area contributed by atoms with Gasteiger partial charge in [0.05, 0.1) is 5.03 Å². The van der Waals surface area contributed by atoms with Crippen molar-refractivity contribution in [2.24, 2.45) is 0 Å². The van der Waals surface area contributed by atoms with Crippen molar-refractivity contribution in [3.8, 4) is 0 Å². The highest BCUT2D eigenvalue weighted by Crippen LogP contribution is 2.27. The minimum absolute atomic E-state index is 0.267. The van der Waals surface area contributed by atoms with Crippen LogP contribution in [0.15, 0.2) is 41.6 Å². The van der Waals surface area contributed by atoms with E-state index in [1.807, 2.05) is 19.1 Å². The van der Waals surface area contributed by atoms with Gasteiger partial charge < -0.3 is 0 Å². The predicted molar refractivity (Wildman–Crippen MR) is 69.9 cm³/mol. The monoisotopic (exact) mass is 267 g/mol. The molecule has 1 heterocycles. The third-order valence-corrected chi connectivity index (χ3v) is 3.63. The number of aromatic nitrogens is 1. The molecular formula is C13H11ClFNS. The van der Waals surface area contributed by atoms with Gasteiger partial charge in [-0.25, -0.2) is 9.37 Å². The van der Waals surface area contributed by atoms with Gasteiger partial charge in [-0.05, 0) is 30.7 Å². The fourth-order valence-corrected chi connectivity index (χ4v) is 2.54. The van der Waals surface area contributed by atoms with Crippen LogP contribution in [0.4, 0.5) is 4.39 Å². The lowest BCUT2D eigenvalue weighted by atomic mass is 10.2. The Kier molecular flexibility index (Phi) is 4.02. The molecule has 0 aliphatic carbocycles. The molecule has 1 aromatic heterocycles. The van der Waals surface area contributed by atoms with Crippen molar-refractivity contribution in [2.45, 2.75) is 17.7 Å². The van der Waals surface area contributed by atoms with Crippen LogP contribution in [-0.2, 0) is 5.75 Å². The van der Waals surface area contributed by atoms with Gasteiger partial charge in [0.15, 0.2) is 0 Å². The Morgan fingerprint density at radius 2 is 2.12 bits per heavy atom. The summed E-state index contributed by atoms with van der Waals surface area (Å²) < 4.78 is 13.5. The number of benzene rings is 1. The predicted octanol–water partition coefficient (Wildman–Crippen LogP) is 4.47. The Bertz CT molecular complexity index is 493. The van der Waals surface area contributed by atoms with Gasteiger partial charge in [-0.15, -0.1) is 11.8 Å². The van der Waals surface area contributed by atoms with Gasteiger partial charge in [0, 0.05) is 22.5 Å². The zero-order valence-corrected chi connectivity index (χ0v) is 10.9. The molecule has 0 spiro atoms. The zero-order chi connectivity index (χ0) is 12.3. The quantitative estimate of drug-likeness (QED) is 0.761. The van der Waals surface area contributed by atoms with Crippen LogP contribution in [0.5, 0.6) is 0 Å². The maximum Gasteiger partial charge on any atom is 0.128 e. The van der Waals surface area contributed by atoms with Gasteiger partial charge in [-0.2, -0.15) is 0 Å². The SMILES string of the molecule is Cc1ccc(SCc2c(F)cccc2Cl)nc1. The first-order valence-corrected chi connectivity index (χ1v) is 6.51. The van der Waals surface area contributed by atoms with Crippen LogP contribution in [0.1, 0.15) is 11.1 Å². The number of thioether (sulfide) groups is 1. The van der Waals surface area contributed by atoms with E-state index in [0.29, 0.717) is 16.3 Å². The minimum Gasteiger partial charge on any atom is -0.250 e. The zero-order valence-electron chi connectivity index (χ0n) is 9.28. The summed E-state index contributed by atoms with van der Waals surface area (Å²) in [5.41, 5.74) is 1.64. The fraction of sp³-hybridized carbons (Fsp3) is 0.154. The van der Waals surface area contributed by atoms with Gasteiger partial charge in [0.2, 0.25) is 0 Å². The molecule has 0 bridgehead atoms. The molecule has 0 amide bonds. The molecule has 0 aliphatic heterocycles. The molecule has 0 unspecified atom stereocenters. The summed E-state index contributed by atoms with van der Waals surface area (Å²) in [4.78, 5) is 4.25. The van der Waals surface area contributed by atoms with Crippen molar-refractivity contribution in [1.82, 2.24) is 4.98 Å². The van der Waals surface area contributed by atoms with E-state index in [-0.39, 0.29) is 5.82 Å².